The van der Waals surface area contributed by atoms with Crippen molar-refractivity contribution in [2.75, 3.05) is 0 Å². The summed E-state index contributed by atoms with van der Waals surface area (Å²) in [6.07, 6.45) is 6.97. The smallest absolute Gasteiger partial charge is 0.0443 e. The minimum absolute atomic E-state index is 0. The van der Waals surface area contributed by atoms with Crippen LogP contribution in [-0.2, 0) is 0 Å². The van der Waals surface area contributed by atoms with E-state index in [1.807, 2.05) is 0 Å². The maximum atomic E-state index is 2.38. The van der Waals surface area contributed by atoms with Crippen LogP contribution < -0.4 is 0 Å². The lowest BCUT2D eigenvalue weighted by Crippen LogP contribution is -1.98. The van der Waals surface area contributed by atoms with Crippen molar-refractivity contribution in [1.29, 1.82) is 0 Å². The molecule has 0 radical (unpaired) electrons. The molecule has 0 aromatic carbocycles. The van der Waals surface area contributed by atoms with Gasteiger partial charge >= 0.3 is 0 Å². The maximum absolute atomic E-state index is 2.38. The summed E-state index contributed by atoms with van der Waals surface area (Å²) in [5, 5.41) is 0. The lowest BCUT2D eigenvalue weighted by atomic mass is 9.94. The monoisotopic (exact) mass is 188 g/mol. The molecule has 13 heavy (non-hydrogen) atoms. The molecule has 0 aliphatic rings. The van der Waals surface area contributed by atoms with E-state index in [1.54, 1.807) is 0 Å². The first kappa shape index (κ1) is 18.7. The second kappa shape index (κ2) is 12.0. The van der Waals surface area contributed by atoms with Gasteiger partial charge in [-0.3, -0.25) is 0 Å². The minimum atomic E-state index is 0. The quantitative estimate of drug-likeness (QED) is 0.515. The SMILES string of the molecule is C.C.CCCC(C)CCC(C)CC. The van der Waals surface area contributed by atoms with E-state index in [0.29, 0.717) is 0 Å². The van der Waals surface area contributed by atoms with E-state index in [9.17, 15) is 0 Å². The van der Waals surface area contributed by atoms with Gasteiger partial charge in [-0.15, -0.1) is 0 Å². The van der Waals surface area contributed by atoms with Crippen molar-refractivity contribution in [1.82, 2.24) is 0 Å². The van der Waals surface area contributed by atoms with Crippen molar-refractivity contribution in [3.8, 4) is 0 Å². The van der Waals surface area contributed by atoms with E-state index in [1.165, 1.54) is 32.1 Å². The number of hydrogen-bond acceptors (Lipinski definition) is 0. The van der Waals surface area contributed by atoms with Crippen LogP contribution in [0.1, 0.15) is 74.7 Å². The Morgan fingerprint density at radius 3 is 1.62 bits per heavy atom. The van der Waals surface area contributed by atoms with E-state index >= 15 is 0 Å². The van der Waals surface area contributed by atoms with Crippen LogP contribution >= 0.6 is 0 Å². The average Bonchev–Trinajstić information content (AvgIpc) is 2.01. The van der Waals surface area contributed by atoms with Gasteiger partial charge in [-0.2, -0.15) is 0 Å². The molecule has 0 fully saturated rings. The summed E-state index contributed by atoms with van der Waals surface area (Å²) >= 11 is 0. The summed E-state index contributed by atoms with van der Waals surface area (Å²) in [4.78, 5) is 0. The van der Waals surface area contributed by atoms with Gasteiger partial charge in [-0.25, -0.2) is 0 Å². The molecule has 0 aromatic rings. The molecule has 0 aromatic heterocycles. The summed E-state index contributed by atoms with van der Waals surface area (Å²) < 4.78 is 0. The van der Waals surface area contributed by atoms with Gasteiger partial charge in [0.25, 0.3) is 0 Å². The van der Waals surface area contributed by atoms with Crippen LogP contribution in [0.15, 0.2) is 0 Å². The maximum Gasteiger partial charge on any atom is -0.0443 e. The fourth-order valence-corrected chi connectivity index (χ4v) is 1.41. The van der Waals surface area contributed by atoms with Gasteiger partial charge in [0.2, 0.25) is 0 Å². The summed E-state index contributed by atoms with van der Waals surface area (Å²) in [5.41, 5.74) is 0. The molecule has 2 unspecified atom stereocenters. The highest BCUT2D eigenvalue weighted by Gasteiger charge is 2.03. The van der Waals surface area contributed by atoms with Crippen molar-refractivity contribution in [2.45, 2.75) is 74.7 Å². The summed E-state index contributed by atoms with van der Waals surface area (Å²) in [6.45, 7) is 9.31. The lowest BCUT2D eigenvalue weighted by molar-refractivity contribution is 0.404. The van der Waals surface area contributed by atoms with Crippen LogP contribution in [0, 0.1) is 11.8 Å². The van der Waals surface area contributed by atoms with Gasteiger partial charge in [0.1, 0.15) is 0 Å². The molecule has 2 atom stereocenters. The zero-order valence-electron chi connectivity index (χ0n) is 8.69. The van der Waals surface area contributed by atoms with Crippen LogP contribution in [0.25, 0.3) is 0 Å². The van der Waals surface area contributed by atoms with E-state index in [4.69, 9.17) is 0 Å². The molecule has 0 amide bonds. The molecule has 0 heteroatoms. The Morgan fingerprint density at radius 2 is 1.23 bits per heavy atom. The van der Waals surface area contributed by atoms with Gasteiger partial charge in [0.05, 0.1) is 0 Å². The molecular formula is C13H32. The Balaban J connectivity index is -0.000000500. The van der Waals surface area contributed by atoms with E-state index in [2.05, 4.69) is 27.7 Å². The molecule has 0 N–H and O–H groups in total. The normalized spacial score (nSPS) is 13.8. The first-order chi connectivity index (χ1) is 5.20. The molecule has 0 aliphatic carbocycles. The van der Waals surface area contributed by atoms with Crippen molar-refractivity contribution >= 4 is 0 Å². The molecule has 0 nitrogen and oxygen atoms in total. The van der Waals surface area contributed by atoms with Gasteiger partial charge in [0, 0.05) is 0 Å². The first-order valence-electron chi connectivity index (χ1n) is 5.20. The van der Waals surface area contributed by atoms with Gasteiger partial charge < -0.3 is 0 Å². The standard InChI is InChI=1S/C11H24.2CH4/c1-5-7-11(4)9-8-10(3)6-2;;/h10-11H,5-9H2,1-4H3;2*1H4. The molecule has 0 saturated carbocycles. The number of hydrogen-bond donors (Lipinski definition) is 0. The Bertz CT molecular complexity index is 76.1. The van der Waals surface area contributed by atoms with E-state index in [0.717, 1.165) is 11.8 Å². The second-order valence-corrected chi connectivity index (χ2v) is 3.98. The highest BCUT2D eigenvalue weighted by Crippen LogP contribution is 2.17. The van der Waals surface area contributed by atoms with E-state index in [-0.39, 0.29) is 14.9 Å². The van der Waals surface area contributed by atoms with Crippen molar-refractivity contribution in [2.24, 2.45) is 11.8 Å². The van der Waals surface area contributed by atoms with Crippen molar-refractivity contribution in [3.63, 3.8) is 0 Å². The molecule has 0 spiro atoms. The zero-order valence-corrected chi connectivity index (χ0v) is 8.69. The Hall–Kier alpha value is 0. The fraction of sp³-hybridized carbons (Fsp3) is 1.00. The molecule has 0 heterocycles. The Morgan fingerprint density at radius 1 is 0.769 bits per heavy atom. The third-order valence-corrected chi connectivity index (χ3v) is 2.63. The van der Waals surface area contributed by atoms with Crippen LogP contribution in [0.2, 0.25) is 0 Å². The zero-order chi connectivity index (χ0) is 8.69. The van der Waals surface area contributed by atoms with Crippen LogP contribution in [-0.4, -0.2) is 0 Å². The largest absolute Gasteiger partial charge is 0.0776 e. The lowest BCUT2D eigenvalue weighted by Gasteiger charge is -2.12. The summed E-state index contributed by atoms with van der Waals surface area (Å²) in [6, 6.07) is 0. The molecule has 0 saturated heterocycles. The molecule has 0 rings (SSSR count). The van der Waals surface area contributed by atoms with Crippen LogP contribution in [0.5, 0.6) is 0 Å². The summed E-state index contributed by atoms with van der Waals surface area (Å²) in [7, 11) is 0. The fourth-order valence-electron chi connectivity index (χ4n) is 1.41. The van der Waals surface area contributed by atoms with Gasteiger partial charge in [0.15, 0.2) is 0 Å². The molecule has 84 valence electrons. The van der Waals surface area contributed by atoms with Crippen LogP contribution in [0.4, 0.5) is 0 Å². The first-order valence-corrected chi connectivity index (χ1v) is 5.20. The third-order valence-electron chi connectivity index (χ3n) is 2.63. The predicted molar refractivity (Wildman–Crippen MR) is 66.2 cm³/mol. The molecular weight excluding hydrogens is 156 g/mol. The van der Waals surface area contributed by atoms with Crippen molar-refractivity contribution in [3.05, 3.63) is 0 Å². The Kier molecular flexibility index (Phi) is 17.3. The second-order valence-electron chi connectivity index (χ2n) is 3.98. The Labute approximate surface area is 87.1 Å². The predicted octanol–water partition coefficient (Wildman–Crippen LogP) is 5.52. The molecule has 0 bridgehead atoms. The van der Waals surface area contributed by atoms with Crippen molar-refractivity contribution < 1.29 is 0 Å². The van der Waals surface area contributed by atoms with E-state index < -0.39 is 0 Å². The highest BCUT2D eigenvalue weighted by atomic mass is 14.1. The highest BCUT2D eigenvalue weighted by molar-refractivity contribution is 4.56. The third kappa shape index (κ3) is 12.0. The topological polar surface area (TPSA) is 0 Å². The average molecular weight is 188 g/mol. The van der Waals surface area contributed by atoms with Gasteiger partial charge in [-0.05, 0) is 11.8 Å². The minimum Gasteiger partial charge on any atom is -0.0776 e. The molecule has 0 aliphatic heterocycles. The van der Waals surface area contributed by atoms with Gasteiger partial charge in [-0.1, -0.05) is 74.7 Å². The van der Waals surface area contributed by atoms with Crippen LogP contribution in [0.3, 0.4) is 0 Å². The summed E-state index contributed by atoms with van der Waals surface area (Å²) in [5.74, 6) is 1.89. The number of rotatable bonds is 6.